The fraction of sp³-hybridized carbons (Fsp3) is 0.533. The molecule has 1 heterocycles. The molecule has 0 saturated heterocycles. The van der Waals surface area contributed by atoms with E-state index in [0.29, 0.717) is 6.54 Å². The minimum absolute atomic E-state index is 0. The van der Waals surface area contributed by atoms with Gasteiger partial charge >= 0.3 is 0 Å². The summed E-state index contributed by atoms with van der Waals surface area (Å²) in [6.07, 6.45) is 2.59. The average molecular weight is 313 g/mol. The zero-order valence-corrected chi connectivity index (χ0v) is 12.9. The van der Waals surface area contributed by atoms with Crippen LogP contribution in [0.15, 0.2) is 18.2 Å². The van der Waals surface area contributed by atoms with Crippen LogP contribution in [-0.4, -0.2) is 25.8 Å². The molecular formula is C15H21ClN2O3. The monoisotopic (exact) mass is 312 g/mol. The number of rotatable bonds is 6. The number of carbonyl (C=O) groups is 1. The molecule has 1 aromatic carbocycles. The first kappa shape index (κ1) is 15.9. The van der Waals surface area contributed by atoms with Crippen molar-refractivity contribution in [3.63, 3.8) is 0 Å². The molecule has 1 fully saturated rings. The van der Waals surface area contributed by atoms with Crippen molar-refractivity contribution in [1.82, 2.24) is 10.6 Å². The van der Waals surface area contributed by atoms with Gasteiger partial charge in [0.25, 0.3) is 0 Å². The van der Waals surface area contributed by atoms with Gasteiger partial charge in [0.15, 0.2) is 11.5 Å². The highest BCUT2D eigenvalue weighted by atomic mass is 35.5. The molecule has 1 saturated carbocycles. The quantitative estimate of drug-likeness (QED) is 0.843. The standard InChI is InChI=1S/C15H20N2O3.ClH/c1-10(17-15(18)8-16-7-11-2-3-11)12-4-5-13-14(6-12)20-9-19-13;/h4-6,10-11,16H,2-3,7-9H2,1H3,(H,17,18);1H. The summed E-state index contributed by atoms with van der Waals surface area (Å²) in [6, 6.07) is 5.71. The van der Waals surface area contributed by atoms with Crippen LogP contribution in [0.1, 0.15) is 31.4 Å². The predicted octanol–water partition coefficient (Wildman–Crippen LogP) is 2.01. The number of hydrogen-bond acceptors (Lipinski definition) is 4. The Bertz CT molecular complexity index is 506. The highest BCUT2D eigenvalue weighted by Gasteiger charge is 2.21. The molecule has 1 aliphatic carbocycles. The first-order valence-corrected chi connectivity index (χ1v) is 7.12. The third kappa shape index (κ3) is 4.25. The van der Waals surface area contributed by atoms with Gasteiger partial charge in [0.1, 0.15) is 0 Å². The molecule has 2 aliphatic rings. The second kappa shape index (κ2) is 7.00. The first-order chi connectivity index (χ1) is 9.72. The van der Waals surface area contributed by atoms with E-state index in [1.165, 1.54) is 12.8 Å². The molecule has 0 radical (unpaired) electrons. The molecule has 1 unspecified atom stereocenters. The molecule has 116 valence electrons. The summed E-state index contributed by atoms with van der Waals surface area (Å²) in [5, 5.41) is 6.17. The van der Waals surface area contributed by atoms with E-state index in [1.54, 1.807) is 0 Å². The second-order valence-electron chi connectivity index (χ2n) is 5.48. The summed E-state index contributed by atoms with van der Waals surface area (Å²) in [4.78, 5) is 11.8. The van der Waals surface area contributed by atoms with Crippen LogP contribution in [-0.2, 0) is 4.79 Å². The van der Waals surface area contributed by atoms with E-state index in [-0.39, 0.29) is 31.1 Å². The van der Waals surface area contributed by atoms with Crippen LogP contribution < -0.4 is 20.1 Å². The third-order valence-electron chi connectivity index (χ3n) is 3.69. The Morgan fingerprint density at radius 2 is 2.10 bits per heavy atom. The highest BCUT2D eigenvalue weighted by molar-refractivity contribution is 5.85. The van der Waals surface area contributed by atoms with E-state index in [9.17, 15) is 4.79 Å². The fourth-order valence-corrected chi connectivity index (χ4v) is 2.27. The number of hydrogen-bond donors (Lipinski definition) is 2. The molecule has 2 N–H and O–H groups in total. The van der Waals surface area contributed by atoms with Crippen molar-refractivity contribution in [3.8, 4) is 11.5 Å². The smallest absolute Gasteiger partial charge is 0.234 e. The van der Waals surface area contributed by atoms with Crippen LogP contribution in [0.4, 0.5) is 0 Å². The summed E-state index contributed by atoms with van der Waals surface area (Å²) >= 11 is 0. The van der Waals surface area contributed by atoms with Crippen LogP contribution >= 0.6 is 12.4 Å². The maximum atomic E-state index is 11.8. The largest absolute Gasteiger partial charge is 0.454 e. The zero-order chi connectivity index (χ0) is 13.9. The van der Waals surface area contributed by atoms with Gasteiger partial charge in [-0.1, -0.05) is 6.07 Å². The van der Waals surface area contributed by atoms with E-state index in [2.05, 4.69) is 10.6 Å². The molecule has 1 aromatic rings. The molecule has 0 aromatic heterocycles. The lowest BCUT2D eigenvalue weighted by Crippen LogP contribution is -2.36. The molecule has 5 nitrogen and oxygen atoms in total. The van der Waals surface area contributed by atoms with Gasteiger partial charge in [0.05, 0.1) is 12.6 Å². The number of benzene rings is 1. The van der Waals surface area contributed by atoms with Crippen LogP contribution in [0.5, 0.6) is 11.5 Å². The summed E-state index contributed by atoms with van der Waals surface area (Å²) in [5.74, 6) is 2.32. The molecule has 6 heteroatoms. The van der Waals surface area contributed by atoms with Gasteiger partial charge in [-0.3, -0.25) is 4.79 Å². The van der Waals surface area contributed by atoms with E-state index >= 15 is 0 Å². The van der Waals surface area contributed by atoms with Gasteiger partial charge in [-0.15, -0.1) is 12.4 Å². The molecule has 1 atom stereocenters. The van der Waals surface area contributed by atoms with Crippen LogP contribution in [0.25, 0.3) is 0 Å². The molecule has 0 bridgehead atoms. The minimum Gasteiger partial charge on any atom is -0.454 e. The number of amides is 1. The second-order valence-corrected chi connectivity index (χ2v) is 5.48. The van der Waals surface area contributed by atoms with Gasteiger partial charge < -0.3 is 20.1 Å². The molecule has 1 amide bonds. The first-order valence-electron chi connectivity index (χ1n) is 7.12. The van der Waals surface area contributed by atoms with Crippen molar-refractivity contribution in [2.24, 2.45) is 5.92 Å². The average Bonchev–Trinajstić information content (AvgIpc) is 3.13. The Labute approximate surface area is 130 Å². The third-order valence-corrected chi connectivity index (χ3v) is 3.69. The van der Waals surface area contributed by atoms with Crippen molar-refractivity contribution >= 4 is 18.3 Å². The lowest BCUT2D eigenvalue weighted by Gasteiger charge is -2.15. The van der Waals surface area contributed by atoms with Crippen molar-refractivity contribution in [1.29, 1.82) is 0 Å². The molecule has 0 spiro atoms. The maximum Gasteiger partial charge on any atom is 0.234 e. The zero-order valence-electron chi connectivity index (χ0n) is 12.1. The Morgan fingerprint density at radius 3 is 2.86 bits per heavy atom. The molecular weight excluding hydrogens is 292 g/mol. The topological polar surface area (TPSA) is 59.6 Å². The van der Waals surface area contributed by atoms with E-state index in [0.717, 1.165) is 29.5 Å². The van der Waals surface area contributed by atoms with Gasteiger partial charge in [0, 0.05) is 0 Å². The van der Waals surface area contributed by atoms with Crippen molar-refractivity contribution < 1.29 is 14.3 Å². The number of ether oxygens (including phenoxy) is 2. The summed E-state index contributed by atoms with van der Waals surface area (Å²) in [7, 11) is 0. The Hall–Kier alpha value is -1.46. The van der Waals surface area contributed by atoms with Gasteiger partial charge in [-0.05, 0) is 49.9 Å². The SMILES string of the molecule is CC(NC(=O)CNCC1CC1)c1ccc2c(c1)OCO2.Cl. The molecule has 3 rings (SSSR count). The minimum atomic E-state index is -0.0419. The summed E-state index contributed by atoms with van der Waals surface area (Å²) in [5.41, 5.74) is 1.02. The summed E-state index contributed by atoms with van der Waals surface area (Å²) < 4.78 is 10.6. The van der Waals surface area contributed by atoms with E-state index in [4.69, 9.17) is 9.47 Å². The Morgan fingerprint density at radius 1 is 1.33 bits per heavy atom. The Balaban J connectivity index is 0.00000161. The number of nitrogens with one attached hydrogen (secondary N) is 2. The molecule has 21 heavy (non-hydrogen) atoms. The van der Waals surface area contributed by atoms with Crippen molar-refractivity contribution in [3.05, 3.63) is 23.8 Å². The van der Waals surface area contributed by atoms with Crippen molar-refractivity contribution in [2.75, 3.05) is 19.9 Å². The number of carbonyl (C=O) groups excluding carboxylic acids is 1. The predicted molar refractivity (Wildman–Crippen MR) is 82.0 cm³/mol. The van der Waals surface area contributed by atoms with Gasteiger partial charge in [-0.25, -0.2) is 0 Å². The fourth-order valence-electron chi connectivity index (χ4n) is 2.27. The van der Waals surface area contributed by atoms with Crippen LogP contribution in [0.3, 0.4) is 0 Å². The van der Waals surface area contributed by atoms with Crippen molar-refractivity contribution in [2.45, 2.75) is 25.8 Å². The summed E-state index contributed by atoms with van der Waals surface area (Å²) in [6.45, 7) is 3.57. The van der Waals surface area contributed by atoms with Crippen LogP contribution in [0, 0.1) is 5.92 Å². The highest BCUT2D eigenvalue weighted by Crippen LogP contribution is 2.34. The maximum absolute atomic E-state index is 11.8. The Kier molecular flexibility index (Phi) is 5.31. The lowest BCUT2D eigenvalue weighted by atomic mass is 10.1. The number of halogens is 1. The van der Waals surface area contributed by atoms with E-state index < -0.39 is 0 Å². The van der Waals surface area contributed by atoms with E-state index in [1.807, 2.05) is 25.1 Å². The normalized spacial score (nSPS) is 17.0. The molecule has 1 aliphatic heterocycles. The number of fused-ring (bicyclic) bond motifs is 1. The van der Waals surface area contributed by atoms with Gasteiger partial charge in [0.2, 0.25) is 12.7 Å². The lowest BCUT2D eigenvalue weighted by molar-refractivity contribution is -0.120. The van der Waals surface area contributed by atoms with Crippen LogP contribution in [0.2, 0.25) is 0 Å². The van der Waals surface area contributed by atoms with Gasteiger partial charge in [-0.2, -0.15) is 0 Å².